The summed E-state index contributed by atoms with van der Waals surface area (Å²) >= 11 is 0. The van der Waals surface area contributed by atoms with E-state index in [-0.39, 0.29) is 22.0 Å². The third kappa shape index (κ3) is 4.33. The second-order valence-corrected chi connectivity index (χ2v) is 8.98. The monoisotopic (exact) mass is 354 g/mol. The highest BCUT2D eigenvalue weighted by molar-refractivity contribution is 7.89. The summed E-state index contributed by atoms with van der Waals surface area (Å²) in [6.45, 7) is 6.73. The molecule has 0 atom stereocenters. The van der Waals surface area contributed by atoms with Gasteiger partial charge in [0.1, 0.15) is 0 Å². The third-order valence-corrected chi connectivity index (χ3v) is 6.92. The molecule has 0 aromatic heterocycles. The van der Waals surface area contributed by atoms with Crippen molar-refractivity contribution < 1.29 is 13.3 Å². The number of non-ortho nitro benzene ring substituents is 1. The van der Waals surface area contributed by atoms with Crippen LogP contribution in [0.4, 0.5) is 5.69 Å². The minimum atomic E-state index is -3.73. The molecule has 0 saturated heterocycles. The maximum Gasteiger partial charge on any atom is 0.270 e. The fraction of sp³-hybridized carbons (Fsp3) is 0.647. The quantitative estimate of drug-likeness (QED) is 0.620. The summed E-state index contributed by atoms with van der Waals surface area (Å²) in [6, 6.07) is 5.08. The molecule has 0 radical (unpaired) electrons. The fourth-order valence-corrected chi connectivity index (χ4v) is 4.68. The molecule has 0 unspecified atom stereocenters. The predicted molar refractivity (Wildman–Crippen MR) is 93.2 cm³/mol. The van der Waals surface area contributed by atoms with Crippen molar-refractivity contribution >= 4 is 15.7 Å². The normalized spacial score (nSPS) is 22.3. The molecule has 1 aliphatic rings. The SMILES string of the molecule is CCC(C)(C)C1CCC(NS(=O)(=O)c2cccc([N+](=O)[O-])c2)CC1. The van der Waals surface area contributed by atoms with Crippen LogP contribution < -0.4 is 4.72 Å². The number of nitro groups is 1. The van der Waals surface area contributed by atoms with Gasteiger partial charge in [0.25, 0.3) is 5.69 Å². The molecule has 7 heteroatoms. The number of nitrogens with one attached hydrogen (secondary N) is 1. The summed E-state index contributed by atoms with van der Waals surface area (Å²) in [7, 11) is -3.73. The summed E-state index contributed by atoms with van der Waals surface area (Å²) in [4.78, 5) is 10.2. The van der Waals surface area contributed by atoms with Gasteiger partial charge in [0.15, 0.2) is 0 Å². The van der Waals surface area contributed by atoms with Crippen LogP contribution in [0.2, 0.25) is 0 Å². The smallest absolute Gasteiger partial charge is 0.258 e. The van der Waals surface area contributed by atoms with Crippen LogP contribution >= 0.6 is 0 Å². The van der Waals surface area contributed by atoms with Gasteiger partial charge in [-0.05, 0) is 43.1 Å². The van der Waals surface area contributed by atoms with Gasteiger partial charge in [0.05, 0.1) is 9.82 Å². The Hall–Kier alpha value is -1.47. The first-order valence-corrected chi connectivity index (χ1v) is 9.91. The molecule has 24 heavy (non-hydrogen) atoms. The van der Waals surface area contributed by atoms with Crippen molar-refractivity contribution in [3.8, 4) is 0 Å². The molecule has 1 N–H and O–H groups in total. The highest BCUT2D eigenvalue weighted by Crippen LogP contribution is 2.40. The minimum absolute atomic E-state index is 0.0484. The van der Waals surface area contributed by atoms with Crippen molar-refractivity contribution in [2.45, 2.75) is 63.8 Å². The Morgan fingerprint density at radius 1 is 1.25 bits per heavy atom. The molecule has 134 valence electrons. The van der Waals surface area contributed by atoms with Crippen molar-refractivity contribution in [1.82, 2.24) is 4.72 Å². The molecule has 0 bridgehead atoms. The van der Waals surface area contributed by atoms with Gasteiger partial charge in [-0.2, -0.15) is 0 Å². The molecular formula is C17H26N2O4S. The van der Waals surface area contributed by atoms with Gasteiger partial charge in [0.2, 0.25) is 10.0 Å². The molecule has 6 nitrogen and oxygen atoms in total. The lowest BCUT2D eigenvalue weighted by Gasteiger charge is -2.38. The topological polar surface area (TPSA) is 89.3 Å². The zero-order chi connectivity index (χ0) is 18.0. The summed E-state index contributed by atoms with van der Waals surface area (Å²) in [6.07, 6.45) is 4.73. The van der Waals surface area contributed by atoms with E-state index in [1.165, 1.54) is 18.2 Å². The van der Waals surface area contributed by atoms with Crippen molar-refractivity contribution in [3.63, 3.8) is 0 Å². The first-order chi connectivity index (χ1) is 11.2. The van der Waals surface area contributed by atoms with Gasteiger partial charge in [-0.25, -0.2) is 13.1 Å². The second-order valence-electron chi connectivity index (χ2n) is 7.27. The summed E-state index contributed by atoms with van der Waals surface area (Å²) in [5.41, 5.74) is 0.0652. The van der Waals surface area contributed by atoms with Crippen molar-refractivity contribution in [2.24, 2.45) is 11.3 Å². The number of rotatable bonds is 6. The average molecular weight is 354 g/mol. The molecule has 1 fully saturated rings. The van der Waals surface area contributed by atoms with Gasteiger partial charge >= 0.3 is 0 Å². The van der Waals surface area contributed by atoms with Gasteiger partial charge in [0, 0.05) is 18.2 Å². The van der Waals surface area contributed by atoms with Crippen LogP contribution in [-0.2, 0) is 10.0 Å². The summed E-state index contributed by atoms with van der Waals surface area (Å²) in [5.74, 6) is 0.612. The van der Waals surface area contributed by atoms with Crippen LogP contribution in [0.3, 0.4) is 0 Å². The van der Waals surface area contributed by atoms with E-state index in [4.69, 9.17) is 0 Å². The van der Waals surface area contributed by atoms with Gasteiger partial charge < -0.3 is 0 Å². The van der Waals surface area contributed by atoms with Gasteiger partial charge in [-0.1, -0.05) is 33.3 Å². The second kappa shape index (κ2) is 7.19. The third-order valence-electron chi connectivity index (χ3n) is 5.40. The van der Waals surface area contributed by atoms with E-state index in [1.807, 2.05) is 0 Å². The minimum Gasteiger partial charge on any atom is -0.258 e. The Morgan fingerprint density at radius 3 is 2.42 bits per heavy atom. The summed E-state index contributed by atoms with van der Waals surface area (Å²) in [5, 5.41) is 10.8. The van der Waals surface area contributed by atoms with E-state index in [0.717, 1.165) is 38.2 Å². The highest BCUT2D eigenvalue weighted by Gasteiger charge is 2.33. The Bertz CT molecular complexity index is 692. The molecule has 0 aliphatic heterocycles. The molecule has 0 heterocycles. The zero-order valence-electron chi connectivity index (χ0n) is 14.5. The number of nitro benzene ring substituents is 1. The van der Waals surface area contributed by atoms with Gasteiger partial charge in [-0.15, -0.1) is 0 Å². The van der Waals surface area contributed by atoms with Crippen LogP contribution in [-0.4, -0.2) is 19.4 Å². The molecule has 1 saturated carbocycles. The Balaban J connectivity index is 2.04. The molecule has 1 aliphatic carbocycles. The lowest BCUT2D eigenvalue weighted by Crippen LogP contribution is -2.39. The van der Waals surface area contributed by atoms with E-state index in [0.29, 0.717) is 5.92 Å². The lowest BCUT2D eigenvalue weighted by molar-refractivity contribution is -0.385. The number of nitrogens with zero attached hydrogens (tertiary/aromatic N) is 1. The molecule has 0 amide bonds. The van der Waals surface area contributed by atoms with Crippen LogP contribution in [0.1, 0.15) is 52.9 Å². The largest absolute Gasteiger partial charge is 0.270 e. The predicted octanol–water partition coefficient (Wildman–Crippen LogP) is 3.87. The van der Waals surface area contributed by atoms with E-state index >= 15 is 0 Å². The first-order valence-electron chi connectivity index (χ1n) is 8.42. The van der Waals surface area contributed by atoms with Gasteiger partial charge in [-0.3, -0.25) is 10.1 Å². The molecular weight excluding hydrogens is 328 g/mol. The lowest BCUT2D eigenvalue weighted by atomic mass is 9.69. The fourth-order valence-electron chi connectivity index (χ4n) is 3.33. The van der Waals surface area contributed by atoms with Crippen molar-refractivity contribution in [2.75, 3.05) is 0 Å². The van der Waals surface area contributed by atoms with Crippen LogP contribution in [0, 0.1) is 21.4 Å². The molecule has 1 aromatic carbocycles. The zero-order valence-corrected chi connectivity index (χ0v) is 15.3. The van der Waals surface area contributed by atoms with E-state index in [2.05, 4.69) is 25.5 Å². The number of hydrogen-bond acceptors (Lipinski definition) is 4. The van der Waals surface area contributed by atoms with Crippen molar-refractivity contribution in [1.29, 1.82) is 0 Å². The average Bonchev–Trinajstić information content (AvgIpc) is 2.55. The molecule has 1 aromatic rings. The number of benzene rings is 1. The maximum absolute atomic E-state index is 12.5. The molecule has 2 rings (SSSR count). The van der Waals surface area contributed by atoms with Crippen LogP contribution in [0.25, 0.3) is 0 Å². The van der Waals surface area contributed by atoms with E-state index < -0.39 is 14.9 Å². The Labute approximate surface area is 143 Å². The number of sulfonamides is 1. The Morgan fingerprint density at radius 2 is 1.88 bits per heavy atom. The first kappa shape index (κ1) is 18.9. The van der Waals surface area contributed by atoms with Crippen LogP contribution in [0.5, 0.6) is 0 Å². The van der Waals surface area contributed by atoms with E-state index in [9.17, 15) is 18.5 Å². The maximum atomic E-state index is 12.5. The highest BCUT2D eigenvalue weighted by atomic mass is 32.2. The van der Waals surface area contributed by atoms with Crippen LogP contribution in [0.15, 0.2) is 29.2 Å². The molecule has 0 spiro atoms. The summed E-state index contributed by atoms with van der Waals surface area (Å²) < 4.78 is 27.7. The number of hydrogen-bond donors (Lipinski definition) is 1. The Kier molecular flexibility index (Phi) is 5.65. The van der Waals surface area contributed by atoms with Crippen molar-refractivity contribution in [3.05, 3.63) is 34.4 Å². The standard InChI is InChI=1S/C17H26N2O4S/c1-4-17(2,3)13-8-10-14(11-9-13)18-24(22,23)16-7-5-6-15(12-16)19(20)21/h5-7,12-14,18H,4,8-11H2,1-3H3. The van der Waals surface area contributed by atoms with E-state index in [1.54, 1.807) is 0 Å².